The highest BCUT2D eigenvalue weighted by Gasteiger charge is 2.28. The molecule has 0 bridgehead atoms. The summed E-state index contributed by atoms with van der Waals surface area (Å²) >= 11 is 0. The first kappa shape index (κ1) is 13.9. The molecular formula is C16H21N3O2. The van der Waals surface area contributed by atoms with Gasteiger partial charge in [-0.05, 0) is 45.2 Å². The zero-order chi connectivity index (χ0) is 14.8. The number of carbonyl (C=O) groups excluding carboxylic acids is 1. The maximum atomic E-state index is 12.6. The molecule has 5 heteroatoms. The molecule has 1 aliphatic rings. The van der Waals surface area contributed by atoms with E-state index in [0.29, 0.717) is 5.56 Å². The molecule has 0 radical (unpaired) electrons. The van der Waals surface area contributed by atoms with Gasteiger partial charge in [0.15, 0.2) is 0 Å². The third-order valence-corrected chi connectivity index (χ3v) is 4.14. The number of furan rings is 1. The molecule has 0 spiro atoms. The van der Waals surface area contributed by atoms with Crippen LogP contribution in [0.25, 0.3) is 0 Å². The van der Waals surface area contributed by atoms with Gasteiger partial charge in [0.25, 0.3) is 5.91 Å². The number of amides is 1. The molecule has 3 rings (SSSR count). The van der Waals surface area contributed by atoms with Crippen LogP contribution in [-0.4, -0.2) is 33.2 Å². The monoisotopic (exact) mass is 287 g/mol. The molecule has 1 fully saturated rings. The van der Waals surface area contributed by atoms with E-state index in [2.05, 4.69) is 18.1 Å². The fourth-order valence-electron chi connectivity index (χ4n) is 3.07. The SMILES string of the molecule is Cc1cc(C)n(C[C@H]2CCCCN2C(=O)c2ccoc2)n1. The Hall–Kier alpha value is -2.04. The lowest BCUT2D eigenvalue weighted by Crippen LogP contribution is -2.46. The first-order valence-electron chi connectivity index (χ1n) is 7.49. The highest BCUT2D eigenvalue weighted by molar-refractivity contribution is 5.94. The Morgan fingerprint density at radius 2 is 2.29 bits per heavy atom. The lowest BCUT2D eigenvalue weighted by molar-refractivity contribution is 0.0582. The van der Waals surface area contributed by atoms with Gasteiger partial charge in [0, 0.05) is 12.2 Å². The van der Waals surface area contributed by atoms with Crippen molar-refractivity contribution in [3.63, 3.8) is 0 Å². The van der Waals surface area contributed by atoms with Crippen molar-refractivity contribution in [2.24, 2.45) is 0 Å². The quantitative estimate of drug-likeness (QED) is 0.872. The van der Waals surface area contributed by atoms with Crippen LogP contribution < -0.4 is 0 Å². The molecule has 5 nitrogen and oxygen atoms in total. The molecule has 0 saturated carbocycles. The normalized spacial score (nSPS) is 19.0. The molecule has 1 atom stereocenters. The van der Waals surface area contributed by atoms with Crippen LogP contribution >= 0.6 is 0 Å². The van der Waals surface area contributed by atoms with Crippen molar-refractivity contribution in [1.82, 2.24) is 14.7 Å². The van der Waals surface area contributed by atoms with E-state index in [0.717, 1.165) is 37.3 Å². The summed E-state index contributed by atoms with van der Waals surface area (Å²) in [6.07, 6.45) is 6.34. The van der Waals surface area contributed by atoms with Gasteiger partial charge >= 0.3 is 0 Å². The van der Waals surface area contributed by atoms with Gasteiger partial charge in [-0.1, -0.05) is 0 Å². The van der Waals surface area contributed by atoms with Crippen LogP contribution in [0.15, 0.2) is 29.1 Å². The van der Waals surface area contributed by atoms with Crippen molar-refractivity contribution in [1.29, 1.82) is 0 Å². The van der Waals surface area contributed by atoms with Crippen molar-refractivity contribution in [3.05, 3.63) is 41.6 Å². The van der Waals surface area contributed by atoms with E-state index in [-0.39, 0.29) is 11.9 Å². The maximum absolute atomic E-state index is 12.6. The minimum absolute atomic E-state index is 0.0648. The minimum Gasteiger partial charge on any atom is -0.472 e. The highest BCUT2D eigenvalue weighted by atomic mass is 16.3. The molecule has 1 saturated heterocycles. The molecule has 2 aromatic heterocycles. The average molecular weight is 287 g/mol. The fraction of sp³-hybridized carbons (Fsp3) is 0.500. The number of carbonyl (C=O) groups is 1. The van der Waals surface area contributed by atoms with E-state index < -0.39 is 0 Å². The predicted octanol–water partition coefficient (Wildman–Crippen LogP) is 2.79. The lowest BCUT2D eigenvalue weighted by Gasteiger charge is -2.35. The number of piperidine rings is 1. The first-order chi connectivity index (χ1) is 10.1. The Morgan fingerprint density at radius 3 is 2.95 bits per heavy atom. The average Bonchev–Trinajstić information content (AvgIpc) is 3.09. The van der Waals surface area contributed by atoms with Gasteiger partial charge in [0.05, 0.1) is 30.1 Å². The van der Waals surface area contributed by atoms with Crippen molar-refractivity contribution >= 4 is 5.91 Å². The largest absolute Gasteiger partial charge is 0.472 e. The summed E-state index contributed by atoms with van der Waals surface area (Å²) in [5.74, 6) is 0.0648. The van der Waals surface area contributed by atoms with Crippen LogP contribution in [0.2, 0.25) is 0 Å². The number of aromatic nitrogens is 2. The molecule has 21 heavy (non-hydrogen) atoms. The molecule has 0 unspecified atom stereocenters. The number of likely N-dealkylation sites (tertiary alicyclic amines) is 1. The molecule has 0 aliphatic carbocycles. The molecule has 1 amide bonds. The van der Waals surface area contributed by atoms with Crippen LogP contribution in [0.4, 0.5) is 0 Å². The van der Waals surface area contributed by atoms with Crippen LogP contribution in [0.3, 0.4) is 0 Å². The van der Waals surface area contributed by atoms with Gasteiger partial charge in [-0.3, -0.25) is 9.48 Å². The number of rotatable bonds is 3. The van der Waals surface area contributed by atoms with Gasteiger partial charge in [-0.2, -0.15) is 5.10 Å². The minimum atomic E-state index is 0.0648. The highest BCUT2D eigenvalue weighted by Crippen LogP contribution is 2.21. The predicted molar refractivity (Wildman–Crippen MR) is 79.1 cm³/mol. The third kappa shape index (κ3) is 2.86. The first-order valence-corrected chi connectivity index (χ1v) is 7.49. The molecule has 0 aromatic carbocycles. The van der Waals surface area contributed by atoms with Crippen molar-refractivity contribution in [3.8, 4) is 0 Å². The van der Waals surface area contributed by atoms with E-state index in [1.807, 2.05) is 16.5 Å². The zero-order valence-corrected chi connectivity index (χ0v) is 12.6. The summed E-state index contributed by atoms with van der Waals surface area (Å²) in [6.45, 7) is 5.64. The number of nitrogens with zero attached hydrogens (tertiary/aromatic N) is 3. The van der Waals surface area contributed by atoms with Gasteiger partial charge in [-0.25, -0.2) is 0 Å². The van der Waals surface area contributed by atoms with Crippen molar-refractivity contribution in [2.75, 3.05) is 6.54 Å². The second-order valence-corrected chi connectivity index (χ2v) is 5.77. The van der Waals surface area contributed by atoms with Crippen LogP contribution in [-0.2, 0) is 6.54 Å². The molecule has 112 valence electrons. The number of hydrogen-bond acceptors (Lipinski definition) is 3. The molecule has 0 N–H and O–H groups in total. The van der Waals surface area contributed by atoms with E-state index in [4.69, 9.17) is 4.42 Å². The zero-order valence-electron chi connectivity index (χ0n) is 12.6. The summed E-state index contributed by atoms with van der Waals surface area (Å²) in [4.78, 5) is 14.6. The van der Waals surface area contributed by atoms with Crippen LogP contribution in [0.1, 0.15) is 41.0 Å². The fourth-order valence-corrected chi connectivity index (χ4v) is 3.07. The van der Waals surface area contributed by atoms with Crippen LogP contribution in [0.5, 0.6) is 0 Å². The topological polar surface area (TPSA) is 51.3 Å². The summed E-state index contributed by atoms with van der Waals surface area (Å²) in [5, 5.41) is 4.52. The van der Waals surface area contributed by atoms with Gasteiger partial charge in [0.2, 0.25) is 0 Å². The Labute approximate surface area is 124 Å². The number of hydrogen-bond donors (Lipinski definition) is 0. The Morgan fingerprint density at radius 1 is 1.43 bits per heavy atom. The second-order valence-electron chi connectivity index (χ2n) is 5.77. The summed E-state index contributed by atoms with van der Waals surface area (Å²) < 4.78 is 7.05. The summed E-state index contributed by atoms with van der Waals surface area (Å²) in [6, 6.07) is 4.02. The van der Waals surface area contributed by atoms with Gasteiger partial charge in [-0.15, -0.1) is 0 Å². The van der Waals surface area contributed by atoms with Crippen molar-refractivity contribution < 1.29 is 9.21 Å². The lowest BCUT2D eigenvalue weighted by atomic mass is 10.0. The van der Waals surface area contributed by atoms with E-state index in [1.165, 1.54) is 12.7 Å². The van der Waals surface area contributed by atoms with Crippen molar-refractivity contribution in [2.45, 2.75) is 45.7 Å². The van der Waals surface area contributed by atoms with Gasteiger partial charge < -0.3 is 9.32 Å². The number of aryl methyl sites for hydroxylation is 2. The van der Waals surface area contributed by atoms with E-state index in [9.17, 15) is 4.79 Å². The molecular weight excluding hydrogens is 266 g/mol. The third-order valence-electron chi connectivity index (χ3n) is 4.14. The summed E-state index contributed by atoms with van der Waals surface area (Å²) in [5.41, 5.74) is 2.81. The molecule has 3 heterocycles. The smallest absolute Gasteiger partial charge is 0.257 e. The molecule has 1 aliphatic heterocycles. The Balaban J connectivity index is 1.78. The Kier molecular flexibility index (Phi) is 3.82. The van der Waals surface area contributed by atoms with E-state index in [1.54, 1.807) is 12.3 Å². The Bertz CT molecular complexity index is 616. The summed E-state index contributed by atoms with van der Waals surface area (Å²) in [7, 11) is 0. The molecule has 2 aromatic rings. The second kappa shape index (κ2) is 5.76. The van der Waals surface area contributed by atoms with E-state index >= 15 is 0 Å². The standard InChI is InChI=1S/C16H21N3O2/c1-12-9-13(2)19(17-12)10-15-5-3-4-7-18(15)16(20)14-6-8-21-11-14/h6,8-9,11,15H,3-5,7,10H2,1-2H3/t15-/m1/s1. The maximum Gasteiger partial charge on any atom is 0.257 e. The van der Waals surface area contributed by atoms with Crippen LogP contribution in [0, 0.1) is 13.8 Å². The van der Waals surface area contributed by atoms with Gasteiger partial charge in [0.1, 0.15) is 6.26 Å².